The van der Waals surface area contributed by atoms with Gasteiger partial charge in [0.15, 0.2) is 0 Å². The largest absolute Gasteiger partial charge is 0.421 e. The lowest BCUT2D eigenvalue weighted by atomic mass is 10.2. The molecule has 8 heteroatoms. The number of nitrogens with zero attached hydrogens (tertiary/aromatic N) is 2. The Bertz CT molecular complexity index is 927. The molecule has 0 unspecified atom stereocenters. The van der Waals surface area contributed by atoms with E-state index in [1.165, 1.54) is 24.3 Å². The van der Waals surface area contributed by atoms with E-state index in [4.69, 9.17) is 4.42 Å². The van der Waals surface area contributed by atoms with Crippen molar-refractivity contribution in [1.82, 2.24) is 14.9 Å². The van der Waals surface area contributed by atoms with Gasteiger partial charge in [0.2, 0.25) is 15.9 Å². The van der Waals surface area contributed by atoms with Crippen LogP contribution in [-0.4, -0.2) is 25.2 Å². The number of sulfonamides is 1. The van der Waals surface area contributed by atoms with Crippen LogP contribution < -0.4 is 4.72 Å². The molecule has 1 N–H and O–H groups in total. The fourth-order valence-electron chi connectivity index (χ4n) is 2.07. The minimum atomic E-state index is -3.58. The lowest BCUT2D eigenvalue weighted by molar-refractivity contribution is 0.498. The number of hydrogen-bond acceptors (Lipinski definition) is 5. The third kappa shape index (κ3) is 3.66. The molecule has 0 saturated carbocycles. The minimum absolute atomic E-state index is 0.0639. The first-order valence-corrected chi connectivity index (χ1v) is 8.66. The van der Waals surface area contributed by atoms with Crippen molar-refractivity contribution in [3.63, 3.8) is 0 Å². The minimum Gasteiger partial charge on any atom is -0.421 e. The SMILES string of the molecule is O=S(=O)(NCCc1nnc(-c2ccccc2F)o1)c1ccccc1. The van der Waals surface area contributed by atoms with Crippen LogP contribution in [0, 0.1) is 5.82 Å². The number of rotatable bonds is 6. The molecule has 0 spiro atoms. The average molecular weight is 347 g/mol. The van der Waals surface area contributed by atoms with E-state index >= 15 is 0 Å². The molecule has 0 aliphatic rings. The topological polar surface area (TPSA) is 85.1 Å². The molecular weight excluding hydrogens is 333 g/mol. The number of hydrogen-bond donors (Lipinski definition) is 1. The lowest BCUT2D eigenvalue weighted by Gasteiger charge is -2.04. The third-order valence-electron chi connectivity index (χ3n) is 3.26. The fraction of sp³-hybridized carbons (Fsp3) is 0.125. The van der Waals surface area contributed by atoms with E-state index < -0.39 is 15.8 Å². The zero-order valence-electron chi connectivity index (χ0n) is 12.5. The molecule has 0 atom stereocenters. The van der Waals surface area contributed by atoms with Gasteiger partial charge in [-0.1, -0.05) is 30.3 Å². The molecule has 3 rings (SSSR count). The molecule has 3 aromatic rings. The summed E-state index contributed by atoms with van der Waals surface area (Å²) in [6.45, 7) is 0.0934. The first-order valence-electron chi connectivity index (χ1n) is 7.18. The van der Waals surface area contributed by atoms with Crippen LogP contribution in [0.25, 0.3) is 11.5 Å². The van der Waals surface area contributed by atoms with E-state index in [-0.39, 0.29) is 35.2 Å². The molecule has 0 aliphatic heterocycles. The number of nitrogens with one attached hydrogen (secondary N) is 1. The second kappa shape index (κ2) is 6.90. The van der Waals surface area contributed by atoms with Crippen LogP contribution in [0.2, 0.25) is 0 Å². The van der Waals surface area contributed by atoms with E-state index in [9.17, 15) is 12.8 Å². The Hall–Kier alpha value is -2.58. The van der Waals surface area contributed by atoms with Crippen LogP contribution in [0.4, 0.5) is 4.39 Å². The lowest BCUT2D eigenvalue weighted by Crippen LogP contribution is -2.26. The van der Waals surface area contributed by atoms with Crippen LogP contribution in [-0.2, 0) is 16.4 Å². The standard InChI is InChI=1S/C16H14FN3O3S/c17-14-9-5-4-8-13(14)16-20-19-15(23-16)10-11-18-24(21,22)12-6-2-1-3-7-12/h1-9,18H,10-11H2. The second-order valence-corrected chi connectivity index (χ2v) is 6.71. The summed E-state index contributed by atoms with van der Waals surface area (Å²) in [5.41, 5.74) is 0.209. The zero-order valence-corrected chi connectivity index (χ0v) is 13.3. The van der Waals surface area contributed by atoms with Gasteiger partial charge in [-0.15, -0.1) is 10.2 Å². The molecule has 1 heterocycles. The molecule has 6 nitrogen and oxygen atoms in total. The highest BCUT2D eigenvalue weighted by Crippen LogP contribution is 2.20. The summed E-state index contributed by atoms with van der Waals surface area (Å²) in [7, 11) is -3.58. The van der Waals surface area contributed by atoms with Crippen LogP contribution in [0.1, 0.15) is 5.89 Å². The monoisotopic (exact) mass is 347 g/mol. The van der Waals surface area contributed by atoms with Gasteiger partial charge in [0.05, 0.1) is 10.5 Å². The van der Waals surface area contributed by atoms with Crippen LogP contribution >= 0.6 is 0 Å². The molecule has 0 fully saturated rings. The highest BCUT2D eigenvalue weighted by atomic mass is 32.2. The van der Waals surface area contributed by atoms with Crippen molar-refractivity contribution in [2.24, 2.45) is 0 Å². The summed E-state index contributed by atoms with van der Waals surface area (Å²) in [4.78, 5) is 0.183. The molecule has 1 aromatic heterocycles. The summed E-state index contributed by atoms with van der Waals surface area (Å²) in [5.74, 6) is -0.171. The first kappa shape index (κ1) is 16.3. The van der Waals surface area contributed by atoms with E-state index in [1.54, 1.807) is 30.3 Å². The van der Waals surface area contributed by atoms with Crippen molar-refractivity contribution in [3.05, 3.63) is 66.3 Å². The maximum absolute atomic E-state index is 13.7. The Morgan fingerprint density at radius 2 is 1.71 bits per heavy atom. The Balaban J connectivity index is 1.63. The summed E-state index contributed by atoms with van der Waals surface area (Å²) < 4.78 is 45.6. The number of halogens is 1. The molecular formula is C16H14FN3O3S. The second-order valence-electron chi connectivity index (χ2n) is 4.94. The third-order valence-corrected chi connectivity index (χ3v) is 4.73. The van der Waals surface area contributed by atoms with E-state index in [2.05, 4.69) is 14.9 Å². The molecule has 124 valence electrons. The van der Waals surface area contributed by atoms with Crippen LogP contribution in [0.15, 0.2) is 63.9 Å². The van der Waals surface area contributed by atoms with Gasteiger partial charge >= 0.3 is 0 Å². The van der Waals surface area contributed by atoms with Gasteiger partial charge in [0.1, 0.15) is 5.82 Å². The summed E-state index contributed by atoms with van der Waals surface area (Å²) in [5, 5.41) is 7.59. The van der Waals surface area contributed by atoms with Gasteiger partial charge in [-0.3, -0.25) is 0 Å². The highest BCUT2D eigenvalue weighted by molar-refractivity contribution is 7.89. The van der Waals surface area contributed by atoms with Crippen LogP contribution in [0.5, 0.6) is 0 Å². The first-order chi connectivity index (χ1) is 11.6. The van der Waals surface area contributed by atoms with E-state index in [1.807, 2.05) is 0 Å². The van der Waals surface area contributed by atoms with Gasteiger partial charge < -0.3 is 4.42 Å². The van der Waals surface area contributed by atoms with Gasteiger partial charge in [-0.2, -0.15) is 0 Å². The van der Waals surface area contributed by atoms with E-state index in [0.29, 0.717) is 0 Å². The smallest absolute Gasteiger partial charge is 0.250 e. The fourth-order valence-corrected chi connectivity index (χ4v) is 3.13. The van der Waals surface area contributed by atoms with Gasteiger partial charge in [0, 0.05) is 13.0 Å². The Morgan fingerprint density at radius 3 is 2.46 bits per heavy atom. The maximum Gasteiger partial charge on any atom is 0.250 e. The highest BCUT2D eigenvalue weighted by Gasteiger charge is 2.15. The van der Waals surface area contributed by atoms with Crippen molar-refractivity contribution in [2.45, 2.75) is 11.3 Å². The molecule has 0 aliphatic carbocycles. The number of benzene rings is 2. The predicted octanol–water partition coefficient (Wildman–Crippen LogP) is 2.40. The molecule has 0 radical (unpaired) electrons. The quantitative estimate of drug-likeness (QED) is 0.740. The molecule has 0 bridgehead atoms. The van der Waals surface area contributed by atoms with E-state index in [0.717, 1.165) is 0 Å². The molecule has 24 heavy (non-hydrogen) atoms. The molecule has 2 aromatic carbocycles. The van der Waals surface area contributed by atoms with Crippen molar-refractivity contribution in [1.29, 1.82) is 0 Å². The predicted molar refractivity (Wildman–Crippen MR) is 85.0 cm³/mol. The maximum atomic E-state index is 13.7. The Kier molecular flexibility index (Phi) is 4.68. The van der Waals surface area contributed by atoms with Crippen molar-refractivity contribution >= 4 is 10.0 Å². The Morgan fingerprint density at radius 1 is 1.00 bits per heavy atom. The summed E-state index contributed by atoms with van der Waals surface area (Å²) in [6.07, 6.45) is 0.202. The zero-order chi connectivity index (χ0) is 17.0. The van der Waals surface area contributed by atoms with Gasteiger partial charge in [-0.25, -0.2) is 17.5 Å². The van der Waals surface area contributed by atoms with Crippen LogP contribution in [0.3, 0.4) is 0 Å². The molecule has 0 saturated heterocycles. The summed E-state index contributed by atoms with van der Waals surface area (Å²) in [6, 6.07) is 14.1. The molecule has 0 amide bonds. The van der Waals surface area contributed by atoms with Crippen molar-refractivity contribution in [3.8, 4) is 11.5 Å². The normalized spacial score (nSPS) is 11.5. The summed E-state index contributed by atoms with van der Waals surface area (Å²) >= 11 is 0. The Labute approximate surface area is 138 Å². The average Bonchev–Trinajstić information content (AvgIpc) is 3.04. The van der Waals surface area contributed by atoms with Crippen molar-refractivity contribution < 1.29 is 17.2 Å². The van der Waals surface area contributed by atoms with Crippen molar-refractivity contribution in [2.75, 3.05) is 6.54 Å². The van der Waals surface area contributed by atoms with Gasteiger partial charge in [0.25, 0.3) is 5.89 Å². The van der Waals surface area contributed by atoms with Gasteiger partial charge in [-0.05, 0) is 24.3 Å². The number of aromatic nitrogens is 2.